The van der Waals surface area contributed by atoms with E-state index in [1.807, 2.05) is 0 Å². The summed E-state index contributed by atoms with van der Waals surface area (Å²) >= 11 is 0. The van der Waals surface area contributed by atoms with E-state index in [-0.39, 0.29) is 5.56 Å². The average Bonchev–Trinajstić information content (AvgIpc) is 2.36. The molecule has 0 heterocycles. The van der Waals surface area contributed by atoms with E-state index in [4.69, 9.17) is 5.11 Å². The normalized spacial score (nSPS) is 11.1. The van der Waals surface area contributed by atoms with Crippen molar-refractivity contribution in [3.63, 3.8) is 0 Å². The SMILES string of the molecule is CS(=O)(=O)Nc1cccc(-c2ccc(F)cc2C(=O)O)c1. The molecule has 5 nitrogen and oxygen atoms in total. The largest absolute Gasteiger partial charge is 0.478 e. The molecular formula is C14H12FNO4S. The van der Waals surface area contributed by atoms with Gasteiger partial charge in [0.05, 0.1) is 11.8 Å². The standard InChI is InChI=1S/C14H12FNO4S/c1-21(19,20)16-11-4-2-3-9(7-11)12-6-5-10(15)8-13(12)14(17)18/h2-8,16H,1H3,(H,17,18). The molecule has 0 aliphatic heterocycles. The molecule has 0 unspecified atom stereocenters. The first kappa shape index (κ1) is 15.0. The lowest BCUT2D eigenvalue weighted by Gasteiger charge is -2.09. The lowest BCUT2D eigenvalue weighted by Crippen LogP contribution is -2.09. The van der Waals surface area contributed by atoms with Crippen LogP contribution in [0.5, 0.6) is 0 Å². The van der Waals surface area contributed by atoms with Crippen LogP contribution in [0.3, 0.4) is 0 Å². The highest BCUT2D eigenvalue weighted by Gasteiger charge is 2.13. The lowest BCUT2D eigenvalue weighted by molar-refractivity contribution is 0.0697. The number of carboxylic acids is 1. The molecule has 0 amide bonds. The van der Waals surface area contributed by atoms with E-state index in [0.717, 1.165) is 18.4 Å². The summed E-state index contributed by atoms with van der Waals surface area (Å²) in [6.07, 6.45) is 1.01. The fourth-order valence-corrected chi connectivity index (χ4v) is 2.46. The quantitative estimate of drug-likeness (QED) is 0.909. The van der Waals surface area contributed by atoms with Gasteiger partial charge in [0.2, 0.25) is 10.0 Å². The molecule has 2 aromatic carbocycles. The van der Waals surface area contributed by atoms with Crippen molar-refractivity contribution >= 4 is 21.7 Å². The summed E-state index contributed by atoms with van der Waals surface area (Å²) in [4.78, 5) is 11.2. The maximum atomic E-state index is 13.2. The van der Waals surface area contributed by atoms with Gasteiger partial charge in [-0.25, -0.2) is 17.6 Å². The number of hydrogen-bond donors (Lipinski definition) is 2. The van der Waals surface area contributed by atoms with Gasteiger partial charge in [-0.2, -0.15) is 0 Å². The van der Waals surface area contributed by atoms with E-state index in [0.29, 0.717) is 16.8 Å². The van der Waals surface area contributed by atoms with Crippen molar-refractivity contribution in [3.05, 3.63) is 53.8 Å². The molecule has 21 heavy (non-hydrogen) atoms. The fourth-order valence-electron chi connectivity index (χ4n) is 1.91. The molecule has 0 aromatic heterocycles. The second-order valence-corrected chi connectivity index (χ2v) is 6.20. The van der Waals surface area contributed by atoms with Crippen LogP contribution < -0.4 is 4.72 Å². The van der Waals surface area contributed by atoms with E-state index in [9.17, 15) is 17.6 Å². The minimum atomic E-state index is -3.44. The molecule has 0 fully saturated rings. The van der Waals surface area contributed by atoms with Gasteiger partial charge in [0.15, 0.2) is 0 Å². The van der Waals surface area contributed by atoms with Gasteiger partial charge in [0.1, 0.15) is 5.82 Å². The Labute approximate surface area is 121 Å². The summed E-state index contributed by atoms with van der Waals surface area (Å²) in [5.41, 5.74) is 0.893. The number of nitrogens with one attached hydrogen (secondary N) is 1. The Kier molecular flexibility index (Phi) is 3.95. The Bertz CT molecular complexity index is 802. The van der Waals surface area contributed by atoms with Crippen molar-refractivity contribution in [3.8, 4) is 11.1 Å². The summed E-state index contributed by atoms with van der Waals surface area (Å²) in [5, 5.41) is 9.13. The minimum Gasteiger partial charge on any atom is -0.478 e. The highest BCUT2D eigenvalue weighted by atomic mass is 32.2. The monoisotopic (exact) mass is 309 g/mol. The number of carboxylic acid groups (broad SMARTS) is 1. The lowest BCUT2D eigenvalue weighted by atomic mass is 9.99. The second kappa shape index (κ2) is 5.53. The van der Waals surface area contributed by atoms with Gasteiger partial charge in [-0.1, -0.05) is 18.2 Å². The van der Waals surface area contributed by atoms with Crippen LogP contribution in [0.15, 0.2) is 42.5 Å². The number of anilines is 1. The van der Waals surface area contributed by atoms with Gasteiger partial charge in [0.25, 0.3) is 0 Å². The van der Waals surface area contributed by atoms with Crippen LogP contribution in [0.25, 0.3) is 11.1 Å². The molecule has 2 aromatic rings. The van der Waals surface area contributed by atoms with Crippen LogP contribution in [0.1, 0.15) is 10.4 Å². The van der Waals surface area contributed by atoms with E-state index in [1.165, 1.54) is 18.2 Å². The number of rotatable bonds is 4. The smallest absolute Gasteiger partial charge is 0.336 e. The van der Waals surface area contributed by atoms with Gasteiger partial charge in [-0.3, -0.25) is 4.72 Å². The molecule has 110 valence electrons. The summed E-state index contributed by atoms with van der Waals surface area (Å²) in [6, 6.07) is 9.64. The zero-order valence-electron chi connectivity index (χ0n) is 11.0. The summed E-state index contributed by atoms with van der Waals surface area (Å²) in [5.74, 6) is -1.91. The highest BCUT2D eigenvalue weighted by Crippen LogP contribution is 2.27. The van der Waals surface area contributed by atoms with E-state index in [1.54, 1.807) is 12.1 Å². The number of halogens is 1. The molecule has 2 N–H and O–H groups in total. The van der Waals surface area contributed by atoms with Crippen molar-refractivity contribution in [2.24, 2.45) is 0 Å². The summed E-state index contributed by atoms with van der Waals surface area (Å²) < 4.78 is 37.9. The van der Waals surface area contributed by atoms with Gasteiger partial charge in [-0.15, -0.1) is 0 Å². The van der Waals surface area contributed by atoms with Gasteiger partial charge < -0.3 is 5.11 Å². The van der Waals surface area contributed by atoms with Gasteiger partial charge >= 0.3 is 5.97 Å². The van der Waals surface area contributed by atoms with Crippen molar-refractivity contribution in [2.75, 3.05) is 11.0 Å². The molecule has 0 aliphatic carbocycles. The third-order valence-corrected chi connectivity index (χ3v) is 3.30. The fraction of sp³-hybridized carbons (Fsp3) is 0.0714. The molecule has 0 atom stereocenters. The van der Waals surface area contributed by atoms with E-state index < -0.39 is 21.8 Å². The Hall–Kier alpha value is -2.41. The first-order valence-corrected chi connectivity index (χ1v) is 7.76. The van der Waals surface area contributed by atoms with E-state index in [2.05, 4.69) is 4.72 Å². The Morgan fingerprint density at radius 3 is 2.52 bits per heavy atom. The van der Waals surface area contributed by atoms with Crippen LogP contribution in [0.2, 0.25) is 0 Å². The number of benzene rings is 2. The molecule has 0 radical (unpaired) electrons. The van der Waals surface area contributed by atoms with Crippen LogP contribution >= 0.6 is 0 Å². The zero-order chi connectivity index (χ0) is 15.6. The highest BCUT2D eigenvalue weighted by molar-refractivity contribution is 7.92. The Morgan fingerprint density at radius 1 is 1.19 bits per heavy atom. The zero-order valence-corrected chi connectivity index (χ0v) is 11.8. The molecule has 0 bridgehead atoms. The minimum absolute atomic E-state index is 0.188. The topological polar surface area (TPSA) is 83.5 Å². The van der Waals surface area contributed by atoms with Crippen LogP contribution in [-0.4, -0.2) is 25.7 Å². The maximum Gasteiger partial charge on any atom is 0.336 e. The van der Waals surface area contributed by atoms with Crippen molar-refractivity contribution in [1.29, 1.82) is 0 Å². The molecular weight excluding hydrogens is 297 g/mol. The second-order valence-electron chi connectivity index (χ2n) is 4.45. The first-order chi connectivity index (χ1) is 9.76. The van der Waals surface area contributed by atoms with Crippen molar-refractivity contribution in [2.45, 2.75) is 0 Å². The van der Waals surface area contributed by atoms with Gasteiger partial charge in [0, 0.05) is 5.69 Å². The number of hydrogen-bond acceptors (Lipinski definition) is 3. The van der Waals surface area contributed by atoms with Crippen LogP contribution in [0.4, 0.5) is 10.1 Å². The Morgan fingerprint density at radius 2 is 1.90 bits per heavy atom. The molecule has 2 rings (SSSR count). The molecule has 0 spiro atoms. The predicted octanol–water partition coefficient (Wildman–Crippen LogP) is 2.56. The molecule has 7 heteroatoms. The van der Waals surface area contributed by atoms with Crippen molar-refractivity contribution < 1.29 is 22.7 Å². The van der Waals surface area contributed by atoms with Crippen LogP contribution in [-0.2, 0) is 10.0 Å². The third kappa shape index (κ3) is 3.79. The number of sulfonamides is 1. The van der Waals surface area contributed by atoms with E-state index >= 15 is 0 Å². The molecule has 0 aliphatic rings. The van der Waals surface area contributed by atoms with Crippen LogP contribution in [0, 0.1) is 5.82 Å². The number of aromatic carboxylic acids is 1. The van der Waals surface area contributed by atoms with Crippen molar-refractivity contribution in [1.82, 2.24) is 0 Å². The summed E-state index contributed by atoms with van der Waals surface area (Å²) in [6.45, 7) is 0. The first-order valence-electron chi connectivity index (χ1n) is 5.87. The third-order valence-electron chi connectivity index (χ3n) is 2.69. The van der Waals surface area contributed by atoms with Gasteiger partial charge in [-0.05, 0) is 35.4 Å². The maximum absolute atomic E-state index is 13.2. The predicted molar refractivity (Wildman–Crippen MR) is 77.3 cm³/mol. The summed E-state index contributed by atoms with van der Waals surface area (Å²) in [7, 11) is -3.44. The number of carbonyl (C=O) groups is 1. The average molecular weight is 309 g/mol. The molecule has 0 saturated heterocycles. The Balaban J connectivity index is 2.53. The molecule has 0 saturated carbocycles.